The Balaban J connectivity index is 2.58. The third-order valence-electron chi connectivity index (χ3n) is 2.91. The predicted octanol–water partition coefficient (Wildman–Crippen LogP) is 3.17. The van der Waals surface area contributed by atoms with Crippen molar-refractivity contribution < 1.29 is 0 Å². The van der Waals surface area contributed by atoms with Gasteiger partial charge in [-0.15, -0.1) is 0 Å². The molecule has 2 nitrogen and oxygen atoms in total. The molecule has 2 atom stereocenters. The summed E-state index contributed by atoms with van der Waals surface area (Å²) in [6.07, 6.45) is 4.88. The lowest BCUT2D eigenvalue weighted by Gasteiger charge is -2.25. The van der Waals surface area contributed by atoms with Crippen LogP contribution in [-0.4, -0.2) is 11.0 Å². The Morgan fingerprint density at radius 3 is 2.27 bits per heavy atom. The van der Waals surface area contributed by atoms with Gasteiger partial charge in [0.25, 0.3) is 0 Å². The molecule has 1 N–H and O–H groups in total. The summed E-state index contributed by atoms with van der Waals surface area (Å²) in [7, 11) is 0. The van der Waals surface area contributed by atoms with Crippen LogP contribution in [0.3, 0.4) is 0 Å². The van der Waals surface area contributed by atoms with Crippen LogP contribution in [-0.2, 0) is 0 Å². The van der Waals surface area contributed by atoms with Crippen LogP contribution in [0.5, 0.6) is 0 Å². The molecule has 2 unspecified atom stereocenters. The van der Waals surface area contributed by atoms with Crippen molar-refractivity contribution in [2.45, 2.75) is 46.2 Å². The Morgan fingerprint density at radius 1 is 1.20 bits per heavy atom. The Hall–Kier alpha value is -0.890. The molecular formula is C13H22N2. The number of nitrogens with one attached hydrogen (secondary N) is 1. The summed E-state index contributed by atoms with van der Waals surface area (Å²) in [5.74, 6) is 0.680. The quantitative estimate of drug-likeness (QED) is 0.800. The lowest BCUT2D eigenvalue weighted by molar-refractivity contribution is 0.356. The molecule has 0 saturated carbocycles. The van der Waals surface area contributed by atoms with Gasteiger partial charge in [-0.1, -0.05) is 20.8 Å². The molecule has 0 spiro atoms. The van der Waals surface area contributed by atoms with Gasteiger partial charge < -0.3 is 5.32 Å². The first-order chi connectivity index (χ1) is 7.15. The van der Waals surface area contributed by atoms with Crippen molar-refractivity contribution in [3.63, 3.8) is 0 Å². The van der Waals surface area contributed by atoms with Crippen molar-refractivity contribution in [3.8, 4) is 0 Å². The fourth-order valence-electron chi connectivity index (χ4n) is 1.85. The van der Waals surface area contributed by atoms with Gasteiger partial charge in [0, 0.05) is 24.5 Å². The van der Waals surface area contributed by atoms with E-state index in [-0.39, 0.29) is 0 Å². The molecule has 1 aromatic heterocycles. The third kappa shape index (κ3) is 3.63. The van der Waals surface area contributed by atoms with Crippen molar-refractivity contribution in [2.75, 3.05) is 0 Å². The SMILES string of the molecule is CCC(NC(C)c1ccncc1)C(C)C. The fourth-order valence-corrected chi connectivity index (χ4v) is 1.85. The van der Waals surface area contributed by atoms with Gasteiger partial charge in [0.15, 0.2) is 0 Å². The molecule has 1 aromatic rings. The minimum atomic E-state index is 0.403. The van der Waals surface area contributed by atoms with Gasteiger partial charge >= 0.3 is 0 Å². The highest BCUT2D eigenvalue weighted by atomic mass is 14.9. The third-order valence-corrected chi connectivity index (χ3v) is 2.91. The molecule has 0 amide bonds. The van der Waals surface area contributed by atoms with E-state index in [1.54, 1.807) is 0 Å². The molecule has 0 aromatic carbocycles. The number of nitrogens with zero attached hydrogens (tertiary/aromatic N) is 1. The van der Waals surface area contributed by atoms with Crippen LogP contribution >= 0.6 is 0 Å². The smallest absolute Gasteiger partial charge is 0.0295 e. The summed E-state index contributed by atoms with van der Waals surface area (Å²) in [6, 6.07) is 5.14. The molecule has 84 valence electrons. The standard InChI is InChI=1S/C13H22N2/c1-5-13(10(2)3)15-11(4)12-6-8-14-9-7-12/h6-11,13,15H,5H2,1-4H3. The maximum atomic E-state index is 4.03. The Morgan fingerprint density at radius 2 is 1.80 bits per heavy atom. The largest absolute Gasteiger partial charge is 0.307 e. The van der Waals surface area contributed by atoms with Crippen LogP contribution in [0.15, 0.2) is 24.5 Å². The van der Waals surface area contributed by atoms with Crippen molar-refractivity contribution in [1.82, 2.24) is 10.3 Å². The van der Waals surface area contributed by atoms with Gasteiger partial charge in [0.2, 0.25) is 0 Å². The van der Waals surface area contributed by atoms with Crippen LogP contribution in [0, 0.1) is 5.92 Å². The van der Waals surface area contributed by atoms with Crippen molar-refractivity contribution >= 4 is 0 Å². The van der Waals surface area contributed by atoms with Gasteiger partial charge in [-0.05, 0) is 37.0 Å². The van der Waals surface area contributed by atoms with Crippen LogP contribution in [0.1, 0.15) is 45.7 Å². The summed E-state index contributed by atoms with van der Waals surface area (Å²) in [5, 5.41) is 3.65. The summed E-state index contributed by atoms with van der Waals surface area (Å²) < 4.78 is 0. The lowest BCUT2D eigenvalue weighted by Crippen LogP contribution is -2.35. The zero-order valence-corrected chi connectivity index (χ0v) is 10.2. The molecule has 0 aliphatic heterocycles. The topological polar surface area (TPSA) is 24.9 Å². The van der Waals surface area contributed by atoms with Crippen molar-refractivity contribution in [2.24, 2.45) is 5.92 Å². The maximum Gasteiger partial charge on any atom is 0.0295 e. The normalized spacial score (nSPS) is 15.3. The average molecular weight is 206 g/mol. The molecule has 0 bridgehead atoms. The van der Waals surface area contributed by atoms with Crippen LogP contribution in [0.2, 0.25) is 0 Å². The molecule has 0 fully saturated rings. The summed E-state index contributed by atoms with van der Waals surface area (Å²) in [4.78, 5) is 4.03. The molecule has 1 heterocycles. The van der Waals surface area contributed by atoms with E-state index in [2.05, 4.69) is 50.1 Å². The number of hydrogen-bond acceptors (Lipinski definition) is 2. The predicted molar refractivity (Wildman–Crippen MR) is 64.7 cm³/mol. The van der Waals surface area contributed by atoms with Crippen molar-refractivity contribution in [1.29, 1.82) is 0 Å². The van der Waals surface area contributed by atoms with Gasteiger partial charge in [0.05, 0.1) is 0 Å². The van der Waals surface area contributed by atoms with E-state index in [1.807, 2.05) is 12.4 Å². The first-order valence-electron chi connectivity index (χ1n) is 5.81. The molecule has 0 saturated heterocycles. The zero-order valence-electron chi connectivity index (χ0n) is 10.2. The molecule has 1 rings (SSSR count). The highest BCUT2D eigenvalue weighted by Crippen LogP contribution is 2.15. The number of hydrogen-bond donors (Lipinski definition) is 1. The highest BCUT2D eigenvalue weighted by molar-refractivity contribution is 5.14. The van der Waals surface area contributed by atoms with E-state index >= 15 is 0 Å². The number of pyridine rings is 1. The van der Waals surface area contributed by atoms with E-state index in [0.717, 1.165) is 0 Å². The van der Waals surface area contributed by atoms with Crippen LogP contribution in [0.4, 0.5) is 0 Å². The monoisotopic (exact) mass is 206 g/mol. The average Bonchev–Trinajstić information content (AvgIpc) is 2.26. The van der Waals surface area contributed by atoms with Gasteiger partial charge in [-0.3, -0.25) is 4.98 Å². The molecular weight excluding hydrogens is 184 g/mol. The van der Waals surface area contributed by atoms with Gasteiger partial charge in [-0.25, -0.2) is 0 Å². The number of aromatic nitrogens is 1. The first kappa shape index (κ1) is 12.2. The molecule has 0 radical (unpaired) electrons. The molecule has 2 heteroatoms. The highest BCUT2D eigenvalue weighted by Gasteiger charge is 2.14. The zero-order chi connectivity index (χ0) is 11.3. The molecule has 0 aliphatic carbocycles. The first-order valence-corrected chi connectivity index (χ1v) is 5.81. The second kappa shape index (κ2) is 5.86. The lowest BCUT2D eigenvalue weighted by atomic mass is 9.99. The van der Waals surface area contributed by atoms with E-state index < -0.39 is 0 Å². The Bertz CT molecular complexity index is 269. The second-order valence-corrected chi connectivity index (χ2v) is 4.43. The van der Waals surface area contributed by atoms with Gasteiger partial charge in [-0.2, -0.15) is 0 Å². The summed E-state index contributed by atoms with van der Waals surface area (Å²) in [5.41, 5.74) is 1.31. The van der Waals surface area contributed by atoms with Crippen LogP contribution < -0.4 is 5.32 Å². The molecule has 15 heavy (non-hydrogen) atoms. The number of rotatable bonds is 5. The van der Waals surface area contributed by atoms with E-state index in [1.165, 1.54) is 12.0 Å². The fraction of sp³-hybridized carbons (Fsp3) is 0.615. The summed E-state index contributed by atoms with van der Waals surface area (Å²) in [6.45, 7) is 8.97. The van der Waals surface area contributed by atoms with Crippen molar-refractivity contribution in [3.05, 3.63) is 30.1 Å². The Labute approximate surface area is 93.1 Å². The van der Waals surface area contributed by atoms with E-state index in [9.17, 15) is 0 Å². The Kier molecular flexibility index (Phi) is 4.76. The van der Waals surface area contributed by atoms with Crippen LogP contribution in [0.25, 0.3) is 0 Å². The van der Waals surface area contributed by atoms with E-state index in [0.29, 0.717) is 18.0 Å². The summed E-state index contributed by atoms with van der Waals surface area (Å²) >= 11 is 0. The maximum absolute atomic E-state index is 4.03. The molecule has 0 aliphatic rings. The van der Waals surface area contributed by atoms with E-state index in [4.69, 9.17) is 0 Å². The second-order valence-electron chi connectivity index (χ2n) is 4.43. The minimum Gasteiger partial charge on any atom is -0.307 e. The van der Waals surface area contributed by atoms with Gasteiger partial charge in [0.1, 0.15) is 0 Å². The minimum absolute atomic E-state index is 0.403.